The number of β-amino-alcohol motifs (C(OH)–C–C–N with tert-alkyl or cyclic N) is 1. The van der Waals surface area contributed by atoms with Crippen LogP contribution in [-0.4, -0.2) is 60.5 Å². The fourth-order valence-corrected chi connectivity index (χ4v) is 3.06. The van der Waals surface area contributed by atoms with E-state index in [0.717, 1.165) is 42.2 Å². The number of ether oxygens (including phenoxy) is 1. The Kier molecular flexibility index (Phi) is 4.47. The van der Waals surface area contributed by atoms with Crippen LogP contribution in [0.3, 0.4) is 0 Å². The quantitative estimate of drug-likeness (QED) is 0.873. The molecule has 5 nitrogen and oxygen atoms in total. The molecule has 0 saturated carbocycles. The smallest absolute Gasteiger partial charge is 0.0839 e. The summed E-state index contributed by atoms with van der Waals surface area (Å²) in [5, 5.41) is 13.4. The van der Waals surface area contributed by atoms with Gasteiger partial charge in [0.15, 0.2) is 0 Å². The zero-order valence-corrected chi connectivity index (χ0v) is 12.1. The predicted octanol–water partition coefficient (Wildman–Crippen LogP) is 1.40. The van der Waals surface area contributed by atoms with E-state index >= 15 is 0 Å². The number of morpholine rings is 1. The number of fused-ring (bicyclic) bond motifs is 1. The van der Waals surface area contributed by atoms with E-state index in [4.69, 9.17) is 4.74 Å². The lowest BCUT2D eigenvalue weighted by Gasteiger charge is -2.28. The number of rotatable bonds is 5. The second-order valence-electron chi connectivity index (χ2n) is 4.98. The Morgan fingerprint density at radius 3 is 3.10 bits per heavy atom. The van der Waals surface area contributed by atoms with Crippen LogP contribution in [0.5, 0.6) is 0 Å². The summed E-state index contributed by atoms with van der Waals surface area (Å²) in [4.78, 5) is 6.49. The zero-order valence-electron chi connectivity index (χ0n) is 11.3. The summed E-state index contributed by atoms with van der Waals surface area (Å²) in [7, 11) is 0. The molecule has 0 radical (unpaired) electrons. The fourth-order valence-electron chi connectivity index (χ4n) is 2.35. The first-order valence-electron chi connectivity index (χ1n) is 6.86. The van der Waals surface area contributed by atoms with Crippen molar-refractivity contribution in [3.8, 4) is 0 Å². The van der Waals surface area contributed by atoms with E-state index in [1.165, 1.54) is 0 Å². The van der Waals surface area contributed by atoms with Gasteiger partial charge in [-0.15, -0.1) is 11.3 Å². The molecule has 20 heavy (non-hydrogen) atoms. The molecule has 1 atom stereocenters. The number of aromatic nitrogens is 1. The Morgan fingerprint density at radius 2 is 2.25 bits per heavy atom. The molecule has 3 rings (SSSR count). The number of hydrogen-bond acceptors (Lipinski definition) is 6. The van der Waals surface area contributed by atoms with Gasteiger partial charge in [-0.25, -0.2) is 4.98 Å². The highest BCUT2D eigenvalue weighted by Crippen LogP contribution is 2.21. The van der Waals surface area contributed by atoms with Crippen molar-refractivity contribution < 1.29 is 9.84 Å². The van der Waals surface area contributed by atoms with Gasteiger partial charge in [0.1, 0.15) is 0 Å². The highest BCUT2D eigenvalue weighted by Gasteiger charge is 2.14. The molecular weight excluding hydrogens is 274 g/mol. The maximum absolute atomic E-state index is 10.1. The van der Waals surface area contributed by atoms with E-state index < -0.39 is 0 Å². The molecule has 2 aromatic rings. The summed E-state index contributed by atoms with van der Waals surface area (Å²) in [5.74, 6) is 0. The highest BCUT2D eigenvalue weighted by atomic mass is 32.1. The lowest BCUT2D eigenvalue weighted by Crippen LogP contribution is -2.42. The molecule has 108 valence electrons. The highest BCUT2D eigenvalue weighted by molar-refractivity contribution is 7.16. The minimum absolute atomic E-state index is 0.370. The maximum Gasteiger partial charge on any atom is 0.0839 e. The van der Waals surface area contributed by atoms with E-state index in [-0.39, 0.29) is 6.10 Å². The molecule has 1 fully saturated rings. The van der Waals surface area contributed by atoms with Gasteiger partial charge in [0.05, 0.1) is 35.0 Å². The number of hydrogen-bond donors (Lipinski definition) is 2. The van der Waals surface area contributed by atoms with Gasteiger partial charge in [-0.1, -0.05) is 0 Å². The summed E-state index contributed by atoms with van der Waals surface area (Å²) in [6.07, 6.45) is -0.370. The van der Waals surface area contributed by atoms with Gasteiger partial charge in [0.25, 0.3) is 0 Å². The predicted molar refractivity (Wildman–Crippen MR) is 81.4 cm³/mol. The number of thiazole rings is 1. The molecular formula is C14H19N3O2S. The van der Waals surface area contributed by atoms with Crippen LogP contribution in [0.2, 0.25) is 0 Å². The monoisotopic (exact) mass is 293 g/mol. The van der Waals surface area contributed by atoms with Crippen LogP contribution in [0.25, 0.3) is 10.2 Å². The minimum Gasteiger partial charge on any atom is -0.390 e. The second-order valence-corrected chi connectivity index (χ2v) is 5.87. The molecule has 1 saturated heterocycles. The van der Waals surface area contributed by atoms with Crippen molar-refractivity contribution in [3.63, 3.8) is 0 Å². The third-order valence-electron chi connectivity index (χ3n) is 3.45. The number of anilines is 1. The van der Waals surface area contributed by atoms with Crippen LogP contribution in [0.15, 0.2) is 23.7 Å². The average molecular weight is 293 g/mol. The largest absolute Gasteiger partial charge is 0.390 e. The van der Waals surface area contributed by atoms with Crippen LogP contribution in [0, 0.1) is 0 Å². The second kappa shape index (κ2) is 6.49. The van der Waals surface area contributed by atoms with Crippen LogP contribution in [0.4, 0.5) is 5.69 Å². The number of aliphatic hydroxyl groups is 1. The number of benzene rings is 1. The van der Waals surface area contributed by atoms with Crippen molar-refractivity contribution in [3.05, 3.63) is 23.7 Å². The topological polar surface area (TPSA) is 57.6 Å². The van der Waals surface area contributed by atoms with E-state index in [1.54, 1.807) is 11.3 Å². The van der Waals surface area contributed by atoms with E-state index in [1.807, 2.05) is 17.6 Å². The Morgan fingerprint density at radius 1 is 1.40 bits per heavy atom. The van der Waals surface area contributed by atoms with Crippen molar-refractivity contribution in [1.82, 2.24) is 9.88 Å². The van der Waals surface area contributed by atoms with Gasteiger partial charge in [-0.3, -0.25) is 4.90 Å². The molecule has 0 aliphatic carbocycles. The maximum atomic E-state index is 10.1. The first-order valence-corrected chi connectivity index (χ1v) is 7.74. The van der Waals surface area contributed by atoms with Crippen LogP contribution >= 0.6 is 11.3 Å². The molecule has 1 aromatic heterocycles. The molecule has 6 heteroatoms. The Labute approximate surface area is 122 Å². The molecule has 1 unspecified atom stereocenters. The molecule has 1 aliphatic heterocycles. The normalized spacial score (nSPS) is 18.2. The molecule has 1 aromatic carbocycles. The fraction of sp³-hybridized carbons (Fsp3) is 0.500. The molecule has 2 heterocycles. The summed E-state index contributed by atoms with van der Waals surface area (Å²) < 4.78 is 6.46. The standard InChI is InChI=1S/C14H19N3O2S/c18-12(9-17-3-5-19-6-4-17)8-15-11-1-2-13-14(7-11)20-10-16-13/h1-2,7,10,12,15,18H,3-6,8-9H2. The van der Waals surface area contributed by atoms with Gasteiger partial charge in [-0.2, -0.15) is 0 Å². The van der Waals surface area contributed by atoms with Crippen molar-refractivity contribution in [1.29, 1.82) is 0 Å². The zero-order chi connectivity index (χ0) is 13.8. The summed E-state index contributed by atoms with van der Waals surface area (Å²) in [6.45, 7) is 4.60. The van der Waals surface area contributed by atoms with Gasteiger partial charge >= 0.3 is 0 Å². The Bertz CT molecular complexity index is 554. The number of nitrogens with one attached hydrogen (secondary N) is 1. The summed E-state index contributed by atoms with van der Waals surface area (Å²) in [6, 6.07) is 6.08. The first-order chi connectivity index (χ1) is 9.81. The van der Waals surface area contributed by atoms with E-state index in [2.05, 4.69) is 21.3 Å². The molecule has 0 spiro atoms. The first kappa shape index (κ1) is 13.8. The minimum atomic E-state index is -0.370. The van der Waals surface area contributed by atoms with Gasteiger partial charge in [-0.05, 0) is 18.2 Å². The van der Waals surface area contributed by atoms with Crippen molar-refractivity contribution in [2.24, 2.45) is 0 Å². The van der Waals surface area contributed by atoms with Crippen LogP contribution in [-0.2, 0) is 4.74 Å². The molecule has 2 N–H and O–H groups in total. The van der Waals surface area contributed by atoms with Crippen LogP contribution < -0.4 is 5.32 Å². The molecule has 0 amide bonds. The van der Waals surface area contributed by atoms with Crippen molar-refractivity contribution in [2.75, 3.05) is 44.7 Å². The van der Waals surface area contributed by atoms with Crippen LogP contribution in [0.1, 0.15) is 0 Å². The van der Waals surface area contributed by atoms with Crippen molar-refractivity contribution in [2.45, 2.75) is 6.10 Å². The molecule has 1 aliphatic rings. The Balaban J connectivity index is 1.50. The summed E-state index contributed by atoms with van der Waals surface area (Å²) >= 11 is 1.63. The summed E-state index contributed by atoms with van der Waals surface area (Å²) in [5.41, 5.74) is 3.90. The number of nitrogens with zero attached hydrogens (tertiary/aromatic N) is 2. The van der Waals surface area contributed by atoms with Crippen molar-refractivity contribution >= 4 is 27.2 Å². The van der Waals surface area contributed by atoms with E-state index in [9.17, 15) is 5.11 Å². The third-order valence-corrected chi connectivity index (χ3v) is 4.24. The lowest BCUT2D eigenvalue weighted by molar-refractivity contribution is 0.0171. The van der Waals surface area contributed by atoms with Gasteiger partial charge < -0.3 is 15.2 Å². The Hall–Kier alpha value is -1.21. The third kappa shape index (κ3) is 3.46. The lowest BCUT2D eigenvalue weighted by atomic mass is 10.2. The average Bonchev–Trinajstić information content (AvgIpc) is 2.93. The van der Waals surface area contributed by atoms with Gasteiger partial charge in [0, 0.05) is 31.9 Å². The van der Waals surface area contributed by atoms with E-state index in [0.29, 0.717) is 13.1 Å². The molecule has 0 bridgehead atoms. The number of aliphatic hydroxyl groups excluding tert-OH is 1. The SMILES string of the molecule is OC(CNc1ccc2ncsc2c1)CN1CCOCC1. The van der Waals surface area contributed by atoms with Gasteiger partial charge in [0.2, 0.25) is 0 Å².